The number of aryl methyl sites for hydroxylation is 1. The van der Waals surface area contributed by atoms with Gasteiger partial charge in [-0.1, -0.05) is 0 Å². The first-order valence-electron chi connectivity index (χ1n) is 9.11. The lowest BCUT2D eigenvalue weighted by atomic mass is 9.83. The molecule has 10 heteroatoms. The van der Waals surface area contributed by atoms with E-state index in [0.29, 0.717) is 31.3 Å². The summed E-state index contributed by atoms with van der Waals surface area (Å²) in [7, 11) is 1.91. The zero-order chi connectivity index (χ0) is 17.6. The van der Waals surface area contributed by atoms with Crippen LogP contribution in [0.3, 0.4) is 0 Å². The molecule has 0 aromatic carbocycles. The third kappa shape index (κ3) is 4.91. The molecule has 0 bridgehead atoms. The number of hydrogen-bond acceptors (Lipinski definition) is 6. The highest BCUT2D eigenvalue weighted by atomic mass is 35.5. The fourth-order valence-corrected chi connectivity index (χ4v) is 3.93. The first kappa shape index (κ1) is 20.6. The largest absolute Gasteiger partial charge is 0.342 e. The number of rotatable bonds is 7. The molecule has 3 rings (SSSR count). The SMILES string of the molecule is CNCCN1C(=O)CC[C@H]2CN(C(=O)CCCn3cnnn3)CC[C@H]21.Cl. The Labute approximate surface area is 159 Å². The second kappa shape index (κ2) is 9.82. The van der Waals surface area contributed by atoms with Crippen molar-refractivity contribution in [1.29, 1.82) is 0 Å². The van der Waals surface area contributed by atoms with Crippen molar-refractivity contribution < 1.29 is 9.59 Å². The molecule has 9 nitrogen and oxygen atoms in total. The van der Waals surface area contributed by atoms with E-state index in [1.165, 1.54) is 0 Å². The highest BCUT2D eigenvalue weighted by Gasteiger charge is 2.39. The number of amides is 2. The van der Waals surface area contributed by atoms with E-state index in [0.717, 1.165) is 45.4 Å². The number of hydrogen-bond donors (Lipinski definition) is 1. The number of likely N-dealkylation sites (tertiary alicyclic amines) is 2. The van der Waals surface area contributed by atoms with Gasteiger partial charge in [0.05, 0.1) is 0 Å². The lowest BCUT2D eigenvalue weighted by molar-refractivity contribution is -0.144. The number of fused-ring (bicyclic) bond motifs is 1. The van der Waals surface area contributed by atoms with Crippen LogP contribution in [0.2, 0.25) is 0 Å². The molecule has 2 aliphatic heterocycles. The normalized spacial score (nSPS) is 22.7. The Kier molecular flexibility index (Phi) is 7.77. The molecule has 3 heterocycles. The van der Waals surface area contributed by atoms with Crippen LogP contribution in [0.1, 0.15) is 32.1 Å². The molecular weight excluding hydrogens is 358 g/mol. The van der Waals surface area contributed by atoms with E-state index in [-0.39, 0.29) is 24.2 Å². The number of nitrogens with one attached hydrogen (secondary N) is 1. The van der Waals surface area contributed by atoms with Gasteiger partial charge in [-0.3, -0.25) is 9.59 Å². The maximum Gasteiger partial charge on any atom is 0.222 e. The van der Waals surface area contributed by atoms with Gasteiger partial charge in [-0.05, 0) is 42.7 Å². The summed E-state index contributed by atoms with van der Waals surface area (Å²) in [6.07, 6.45) is 5.20. The van der Waals surface area contributed by atoms with Gasteiger partial charge in [-0.15, -0.1) is 17.5 Å². The van der Waals surface area contributed by atoms with E-state index < -0.39 is 0 Å². The van der Waals surface area contributed by atoms with Crippen LogP contribution in [0.15, 0.2) is 6.33 Å². The number of carbonyl (C=O) groups excluding carboxylic acids is 2. The molecule has 2 amide bonds. The molecule has 2 saturated heterocycles. The van der Waals surface area contributed by atoms with Gasteiger partial charge in [0.25, 0.3) is 0 Å². The summed E-state index contributed by atoms with van der Waals surface area (Å²) < 4.78 is 1.64. The minimum Gasteiger partial charge on any atom is -0.342 e. The second-order valence-electron chi connectivity index (χ2n) is 6.86. The van der Waals surface area contributed by atoms with Crippen LogP contribution >= 0.6 is 12.4 Å². The summed E-state index contributed by atoms with van der Waals surface area (Å²) in [6, 6.07) is 0.292. The van der Waals surface area contributed by atoms with E-state index in [2.05, 4.69) is 20.8 Å². The molecule has 26 heavy (non-hydrogen) atoms. The van der Waals surface area contributed by atoms with Crippen LogP contribution < -0.4 is 5.32 Å². The van der Waals surface area contributed by atoms with Crippen molar-refractivity contribution in [3.05, 3.63) is 6.33 Å². The molecule has 2 fully saturated rings. The van der Waals surface area contributed by atoms with Crippen molar-refractivity contribution in [1.82, 2.24) is 35.3 Å². The average Bonchev–Trinajstić information content (AvgIpc) is 3.14. The smallest absolute Gasteiger partial charge is 0.222 e. The number of piperidine rings is 2. The molecule has 1 aromatic rings. The van der Waals surface area contributed by atoms with Gasteiger partial charge in [-0.2, -0.15) is 0 Å². The standard InChI is InChI=1S/C16H27N7O2.ClH/c1-17-7-10-23-14-6-9-21(11-13(14)4-5-16(23)25)15(24)3-2-8-22-12-18-19-20-22;/h12-14,17H,2-11H2,1H3;1H/t13-,14+;/m0./s1. The van der Waals surface area contributed by atoms with Crippen LogP contribution in [0, 0.1) is 5.92 Å². The zero-order valence-electron chi connectivity index (χ0n) is 15.2. The third-order valence-corrected chi connectivity index (χ3v) is 5.27. The molecule has 1 aromatic heterocycles. The maximum atomic E-state index is 12.5. The molecule has 146 valence electrons. The van der Waals surface area contributed by atoms with Gasteiger partial charge in [0.15, 0.2) is 0 Å². The van der Waals surface area contributed by atoms with Crippen molar-refractivity contribution in [2.45, 2.75) is 44.7 Å². The fraction of sp³-hybridized carbons (Fsp3) is 0.812. The molecule has 2 aliphatic rings. The predicted octanol–water partition coefficient (Wildman–Crippen LogP) is -0.0660. The minimum absolute atomic E-state index is 0. The van der Waals surface area contributed by atoms with Crippen LogP contribution in [0.25, 0.3) is 0 Å². The van der Waals surface area contributed by atoms with E-state index in [9.17, 15) is 9.59 Å². The van der Waals surface area contributed by atoms with Crippen molar-refractivity contribution in [3.63, 3.8) is 0 Å². The van der Waals surface area contributed by atoms with E-state index in [1.54, 1.807) is 11.0 Å². The number of halogens is 1. The van der Waals surface area contributed by atoms with Gasteiger partial charge in [0.2, 0.25) is 11.8 Å². The van der Waals surface area contributed by atoms with Crippen molar-refractivity contribution in [2.75, 3.05) is 33.2 Å². The number of nitrogens with zero attached hydrogens (tertiary/aromatic N) is 6. The van der Waals surface area contributed by atoms with Crippen LogP contribution in [-0.2, 0) is 16.1 Å². The predicted molar refractivity (Wildman–Crippen MR) is 97.6 cm³/mol. The van der Waals surface area contributed by atoms with Crippen molar-refractivity contribution in [3.8, 4) is 0 Å². The zero-order valence-corrected chi connectivity index (χ0v) is 16.0. The molecule has 0 unspecified atom stereocenters. The van der Waals surface area contributed by atoms with E-state index in [4.69, 9.17) is 0 Å². The third-order valence-electron chi connectivity index (χ3n) is 5.27. The Morgan fingerprint density at radius 2 is 2.19 bits per heavy atom. The summed E-state index contributed by atoms with van der Waals surface area (Å²) in [4.78, 5) is 28.7. The van der Waals surface area contributed by atoms with E-state index in [1.807, 2.05) is 16.8 Å². The maximum absolute atomic E-state index is 12.5. The highest BCUT2D eigenvalue weighted by molar-refractivity contribution is 5.85. The van der Waals surface area contributed by atoms with E-state index >= 15 is 0 Å². The molecule has 0 saturated carbocycles. The van der Waals surface area contributed by atoms with Crippen molar-refractivity contribution in [2.24, 2.45) is 5.92 Å². The number of carbonyl (C=O) groups is 2. The highest BCUT2D eigenvalue weighted by Crippen LogP contribution is 2.31. The summed E-state index contributed by atoms with van der Waals surface area (Å²) in [5.41, 5.74) is 0. The quantitative estimate of drug-likeness (QED) is 0.706. The Morgan fingerprint density at radius 1 is 1.35 bits per heavy atom. The first-order chi connectivity index (χ1) is 12.2. The second-order valence-corrected chi connectivity index (χ2v) is 6.86. The number of likely N-dealkylation sites (N-methyl/N-ethyl adjacent to an activating group) is 1. The lowest BCUT2D eigenvalue weighted by Gasteiger charge is -2.47. The molecular formula is C16H28ClN7O2. The van der Waals surface area contributed by atoms with Crippen LogP contribution in [0.4, 0.5) is 0 Å². The fourth-order valence-electron chi connectivity index (χ4n) is 3.93. The average molecular weight is 386 g/mol. The lowest BCUT2D eigenvalue weighted by Crippen LogP contribution is -2.57. The molecule has 0 aliphatic carbocycles. The monoisotopic (exact) mass is 385 g/mol. The minimum atomic E-state index is 0. The van der Waals surface area contributed by atoms with Gasteiger partial charge in [-0.25, -0.2) is 4.68 Å². The Morgan fingerprint density at radius 3 is 2.92 bits per heavy atom. The summed E-state index contributed by atoms with van der Waals surface area (Å²) in [5.74, 6) is 0.870. The van der Waals surface area contributed by atoms with Crippen LogP contribution in [0.5, 0.6) is 0 Å². The Bertz CT molecular complexity index is 583. The summed E-state index contributed by atoms with van der Waals surface area (Å²) in [6.45, 7) is 3.75. The number of aromatic nitrogens is 4. The summed E-state index contributed by atoms with van der Waals surface area (Å²) in [5, 5.41) is 14.1. The van der Waals surface area contributed by atoms with Crippen molar-refractivity contribution >= 4 is 24.2 Å². The van der Waals surface area contributed by atoms with Crippen LogP contribution in [-0.4, -0.2) is 81.1 Å². The van der Waals surface area contributed by atoms with Gasteiger partial charge < -0.3 is 15.1 Å². The van der Waals surface area contributed by atoms with Gasteiger partial charge in [0, 0.05) is 51.6 Å². The molecule has 2 atom stereocenters. The topological polar surface area (TPSA) is 96.2 Å². The Hall–Kier alpha value is -1.74. The molecule has 1 N–H and O–H groups in total. The molecule has 0 radical (unpaired) electrons. The van der Waals surface area contributed by atoms with Gasteiger partial charge >= 0.3 is 0 Å². The summed E-state index contributed by atoms with van der Waals surface area (Å²) >= 11 is 0. The Balaban J connectivity index is 0.00000243. The molecule has 0 spiro atoms. The van der Waals surface area contributed by atoms with Gasteiger partial charge in [0.1, 0.15) is 6.33 Å². The number of tetrazole rings is 1. The first-order valence-corrected chi connectivity index (χ1v) is 9.11.